The summed E-state index contributed by atoms with van der Waals surface area (Å²) in [4.78, 5) is 14.0. The Morgan fingerprint density at radius 3 is 2.44 bits per heavy atom. The molecule has 2 N–H and O–H groups in total. The Bertz CT molecular complexity index is 284. The summed E-state index contributed by atoms with van der Waals surface area (Å²) in [6.07, 6.45) is 7.26. The lowest BCUT2D eigenvalue weighted by molar-refractivity contribution is -0.128. The van der Waals surface area contributed by atoms with Gasteiger partial charge in [-0.2, -0.15) is 0 Å². The summed E-state index contributed by atoms with van der Waals surface area (Å²) in [5, 5.41) is 0. The van der Waals surface area contributed by atoms with Crippen LogP contribution in [0.3, 0.4) is 0 Å². The molecule has 104 valence electrons. The van der Waals surface area contributed by atoms with Crippen LogP contribution < -0.4 is 5.73 Å². The molecule has 3 nitrogen and oxygen atoms in total. The summed E-state index contributed by atoms with van der Waals surface area (Å²) in [6, 6.07) is 0.195. The van der Waals surface area contributed by atoms with Crippen LogP contribution in [0.4, 0.5) is 0 Å². The second kappa shape index (κ2) is 6.05. The van der Waals surface area contributed by atoms with Gasteiger partial charge >= 0.3 is 0 Å². The fourth-order valence-electron chi connectivity index (χ4n) is 3.39. The van der Waals surface area contributed by atoms with Crippen molar-refractivity contribution in [3.63, 3.8) is 0 Å². The van der Waals surface area contributed by atoms with E-state index >= 15 is 0 Å². The van der Waals surface area contributed by atoms with Crippen LogP contribution in [0.25, 0.3) is 0 Å². The highest BCUT2D eigenvalue weighted by Gasteiger charge is 2.33. The van der Waals surface area contributed by atoms with Crippen molar-refractivity contribution < 1.29 is 4.79 Å². The van der Waals surface area contributed by atoms with E-state index in [-0.39, 0.29) is 6.04 Å². The van der Waals surface area contributed by atoms with E-state index in [2.05, 4.69) is 13.8 Å². The number of rotatable bonds is 4. The first-order valence-electron chi connectivity index (χ1n) is 7.61. The van der Waals surface area contributed by atoms with Crippen molar-refractivity contribution in [3.8, 4) is 0 Å². The first-order valence-corrected chi connectivity index (χ1v) is 7.61. The highest BCUT2D eigenvalue weighted by Crippen LogP contribution is 2.28. The van der Waals surface area contributed by atoms with Gasteiger partial charge in [0.25, 0.3) is 0 Å². The quantitative estimate of drug-likeness (QED) is 0.835. The molecule has 3 heteroatoms. The third kappa shape index (κ3) is 3.25. The van der Waals surface area contributed by atoms with E-state index < -0.39 is 0 Å². The largest absolute Gasteiger partial charge is 0.341 e. The molecule has 1 saturated heterocycles. The predicted molar refractivity (Wildman–Crippen MR) is 74.1 cm³/mol. The number of amides is 1. The molecule has 0 aromatic rings. The van der Waals surface area contributed by atoms with Crippen molar-refractivity contribution in [3.05, 3.63) is 0 Å². The average molecular weight is 252 g/mol. The van der Waals surface area contributed by atoms with Crippen molar-refractivity contribution in [2.45, 2.75) is 58.4 Å². The molecule has 0 bridgehead atoms. The molecule has 0 radical (unpaired) electrons. The fraction of sp³-hybridized carbons (Fsp3) is 0.933. The zero-order chi connectivity index (χ0) is 13.1. The van der Waals surface area contributed by atoms with Crippen LogP contribution in [0.2, 0.25) is 0 Å². The molecule has 2 rings (SSSR count). The maximum atomic E-state index is 12.0. The van der Waals surface area contributed by atoms with Crippen molar-refractivity contribution in [2.24, 2.45) is 23.5 Å². The first-order chi connectivity index (χ1) is 8.58. The van der Waals surface area contributed by atoms with Gasteiger partial charge in [0.05, 0.1) is 0 Å². The highest BCUT2D eigenvalue weighted by molar-refractivity contribution is 5.78. The number of carbonyl (C=O) groups excluding carboxylic acids is 1. The molecule has 1 heterocycles. The standard InChI is InChI=1S/C15H28N2O/c1-11(2)13-8-15(18)17(9-13)10-14(16)12-6-4-3-5-7-12/h11-14H,3-10,16H2,1-2H3. The van der Waals surface area contributed by atoms with Gasteiger partial charge in [-0.1, -0.05) is 33.1 Å². The number of likely N-dealkylation sites (tertiary alicyclic amines) is 1. The third-order valence-corrected chi connectivity index (χ3v) is 4.87. The second-order valence-corrected chi connectivity index (χ2v) is 6.57. The summed E-state index contributed by atoms with van der Waals surface area (Å²) in [6.45, 7) is 6.13. The lowest BCUT2D eigenvalue weighted by Crippen LogP contribution is -2.43. The van der Waals surface area contributed by atoms with E-state index in [0.29, 0.717) is 23.7 Å². The van der Waals surface area contributed by atoms with Crippen molar-refractivity contribution in [1.29, 1.82) is 0 Å². The van der Waals surface area contributed by atoms with Gasteiger partial charge in [-0.15, -0.1) is 0 Å². The van der Waals surface area contributed by atoms with Crippen LogP contribution in [0, 0.1) is 17.8 Å². The Balaban J connectivity index is 1.83. The van der Waals surface area contributed by atoms with Crippen LogP contribution in [0.15, 0.2) is 0 Å². The van der Waals surface area contributed by atoms with Gasteiger partial charge in [-0.3, -0.25) is 4.79 Å². The van der Waals surface area contributed by atoms with Crippen LogP contribution in [0.5, 0.6) is 0 Å². The summed E-state index contributed by atoms with van der Waals surface area (Å²) in [5.74, 6) is 2.10. The molecule has 1 saturated carbocycles. The van der Waals surface area contributed by atoms with E-state index in [9.17, 15) is 4.79 Å². The monoisotopic (exact) mass is 252 g/mol. The topological polar surface area (TPSA) is 46.3 Å². The van der Waals surface area contributed by atoms with Gasteiger partial charge in [0.1, 0.15) is 0 Å². The van der Waals surface area contributed by atoms with E-state index in [1.807, 2.05) is 4.90 Å². The zero-order valence-corrected chi connectivity index (χ0v) is 11.9. The van der Waals surface area contributed by atoms with Gasteiger partial charge in [-0.05, 0) is 30.6 Å². The first kappa shape index (κ1) is 13.9. The number of hydrogen-bond acceptors (Lipinski definition) is 2. The van der Waals surface area contributed by atoms with Crippen LogP contribution in [-0.4, -0.2) is 29.9 Å². The smallest absolute Gasteiger partial charge is 0.222 e. The van der Waals surface area contributed by atoms with Gasteiger partial charge in [0, 0.05) is 25.6 Å². The Morgan fingerprint density at radius 1 is 1.22 bits per heavy atom. The van der Waals surface area contributed by atoms with E-state index in [0.717, 1.165) is 19.5 Å². The Hall–Kier alpha value is -0.570. The maximum Gasteiger partial charge on any atom is 0.222 e. The van der Waals surface area contributed by atoms with Gasteiger partial charge in [-0.25, -0.2) is 0 Å². The third-order valence-electron chi connectivity index (χ3n) is 4.87. The maximum absolute atomic E-state index is 12.0. The van der Waals surface area contributed by atoms with Gasteiger partial charge in [0.2, 0.25) is 5.91 Å². The van der Waals surface area contributed by atoms with Gasteiger partial charge < -0.3 is 10.6 Å². The summed E-state index contributed by atoms with van der Waals surface area (Å²) >= 11 is 0. The van der Waals surface area contributed by atoms with Crippen molar-refractivity contribution in [1.82, 2.24) is 4.90 Å². The number of nitrogens with two attached hydrogens (primary N) is 1. The normalized spacial score (nSPS) is 28.1. The Kier molecular flexibility index (Phi) is 4.66. The molecule has 2 aliphatic rings. The molecule has 2 atom stereocenters. The molecule has 1 aliphatic heterocycles. The molecule has 2 unspecified atom stereocenters. The lowest BCUT2D eigenvalue weighted by Gasteiger charge is -2.30. The lowest BCUT2D eigenvalue weighted by atomic mass is 9.84. The molecular formula is C15H28N2O. The Morgan fingerprint density at radius 2 is 1.89 bits per heavy atom. The molecule has 1 amide bonds. The van der Waals surface area contributed by atoms with Crippen molar-refractivity contribution in [2.75, 3.05) is 13.1 Å². The second-order valence-electron chi connectivity index (χ2n) is 6.57. The zero-order valence-electron chi connectivity index (χ0n) is 11.9. The summed E-state index contributed by atoms with van der Waals surface area (Å²) in [5.41, 5.74) is 6.32. The van der Waals surface area contributed by atoms with E-state index in [1.54, 1.807) is 0 Å². The molecule has 0 aromatic heterocycles. The summed E-state index contributed by atoms with van der Waals surface area (Å²) in [7, 11) is 0. The average Bonchev–Trinajstić information content (AvgIpc) is 2.72. The van der Waals surface area contributed by atoms with E-state index in [4.69, 9.17) is 5.73 Å². The SMILES string of the molecule is CC(C)C1CC(=O)N(CC(N)C2CCCCC2)C1. The number of hydrogen-bond donors (Lipinski definition) is 1. The molecule has 0 aromatic carbocycles. The Labute approximate surface area is 111 Å². The minimum absolute atomic E-state index is 0.195. The molecule has 1 aliphatic carbocycles. The van der Waals surface area contributed by atoms with E-state index in [1.165, 1.54) is 32.1 Å². The molecule has 0 spiro atoms. The molecule has 2 fully saturated rings. The molecular weight excluding hydrogens is 224 g/mol. The summed E-state index contributed by atoms with van der Waals surface area (Å²) < 4.78 is 0. The number of nitrogens with zero attached hydrogens (tertiary/aromatic N) is 1. The minimum atomic E-state index is 0.195. The van der Waals surface area contributed by atoms with Gasteiger partial charge in [0.15, 0.2) is 0 Å². The van der Waals surface area contributed by atoms with Crippen LogP contribution in [-0.2, 0) is 4.79 Å². The highest BCUT2D eigenvalue weighted by atomic mass is 16.2. The fourth-order valence-corrected chi connectivity index (χ4v) is 3.39. The van der Waals surface area contributed by atoms with Crippen LogP contribution in [0.1, 0.15) is 52.4 Å². The number of carbonyl (C=O) groups is 1. The molecule has 18 heavy (non-hydrogen) atoms. The van der Waals surface area contributed by atoms with Crippen LogP contribution >= 0.6 is 0 Å². The predicted octanol–water partition coefficient (Wildman–Crippen LogP) is 2.40. The van der Waals surface area contributed by atoms with Crippen molar-refractivity contribution >= 4 is 5.91 Å². The minimum Gasteiger partial charge on any atom is -0.341 e.